The van der Waals surface area contributed by atoms with Crippen molar-refractivity contribution in [1.82, 2.24) is 5.32 Å². The van der Waals surface area contributed by atoms with E-state index in [0.29, 0.717) is 12.0 Å². The summed E-state index contributed by atoms with van der Waals surface area (Å²) in [5.41, 5.74) is 3.69. The number of aliphatic hydroxyl groups is 1. The number of carbonyl (C=O) groups is 1. The number of aliphatic hydroxyl groups excluding tert-OH is 1. The first-order valence-electron chi connectivity index (χ1n) is 7.13. The lowest BCUT2D eigenvalue weighted by Gasteiger charge is -2.18. The molecule has 0 unspecified atom stereocenters. The predicted molar refractivity (Wildman–Crippen MR) is 84.4 cm³/mol. The first-order chi connectivity index (χ1) is 10.1. The first-order valence-corrected chi connectivity index (χ1v) is 7.13. The van der Waals surface area contributed by atoms with Crippen LogP contribution in [-0.2, 0) is 6.42 Å². The summed E-state index contributed by atoms with van der Waals surface area (Å²) >= 11 is 0. The lowest BCUT2D eigenvalue weighted by Crippen LogP contribution is -2.39. The molecule has 0 radical (unpaired) electrons. The molecule has 2 aromatic rings. The zero-order chi connectivity index (χ0) is 15.2. The van der Waals surface area contributed by atoms with Crippen molar-refractivity contribution < 1.29 is 9.90 Å². The van der Waals surface area contributed by atoms with E-state index in [9.17, 15) is 9.90 Å². The van der Waals surface area contributed by atoms with Crippen LogP contribution in [-0.4, -0.2) is 23.7 Å². The van der Waals surface area contributed by atoms with Gasteiger partial charge in [-0.25, -0.2) is 0 Å². The number of rotatable bonds is 5. The fourth-order valence-corrected chi connectivity index (χ4v) is 2.49. The van der Waals surface area contributed by atoms with Crippen molar-refractivity contribution in [1.29, 1.82) is 0 Å². The molecule has 0 aliphatic carbocycles. The van der Waals surface area contributed by atoms with Crippen LogP contribution in [0, 0.1) is 13.8 Å². The fourth-order valence-electron chi connectivity index (χ4n) is 2.49. The fraction of sp³-hybridized carbons (Fsp3) is 0.278. The molecular formula is C18H21NO2. The molecule has 2 N–H and O–H groups in total. The van der Waals surface area contributed by atoms with Gasteiger partial charge in [0, 0.05) is 5.56 Å². The Labute approximate surface area is 125 Å². The summed E-state index contributed by atoms with van der Waals surface area (Å²) in [5, 5.41) is 12.4. The Bertz CT molecular complexity index is 588. The maximum Gasteiger partial charge on any atom is 0.252 e. The van der Waals surface area contributed by atoms with Crippen molar-refractivity contribution in [2.75, 3.05) is 6.61 Å². The summed E-state index contributed by atoms with van der Waals surface area (Å²) < 4.78 is 0. The van der Waals surface area contributed by atoms with Gasteiger partial charge in [0.2, 0.25) is 0 Å². The molecule has 2 aromatic carbocycles. The molecule has 0 fully saturated rings. The average Bonchev–Trinajstić information content (AvgIpc) is 2.47. The number of hydrogen-bond acceptors (Lipinski definition) is 2. The summed E-state index contributed by atoms with van der Waals surface area (Å²) in [6.07, 6.45) is 0.619. The van der Waals surface area contributed by atoms with Crippen LogP contribution in [0.3, 0.4) is 0 Å². The van der Waals surface area contributed by atoms with E-state index in [1.807, 2.05) is 62.4 Å². The van der Waals surface area contributed by atoms with Gasteiger partial charge in [-0.2, -0.15) is 0 Å². The molecule has 0 spiro atoms. The highest BCUT2D eigenvalue weighted by Crippen LogP contribution is 2.13. The number of hydrogen-bond donors (Lipinski definition) is 2. The Hall–Kier alpha value is -2.13. The SMILES string of the molecule is Cc1cccc(C)c1C(=O)N[C@H](CO)Cc1ccccc1. The number of aryl methyl sites for hydroxylation is 2. The third kappa shape index (κ3) is 3.92. The summed E-state index contributed by atoms with van der Waals surface area (Å²) in [4.78, 5) is 12.4. The van der Waals surface area contributed by atoms with Crippen molar-refractivity contribution in [3.8, 4) is 0 Å². The highest BCUT2D eigenvalue weighted by molar-refractivity contribution is 5.97. The van der Waals surface area contributed by atoms with Crippen molar-refractivity contribution in [2.24, 2.45) is 0 Å². The molecule has 21 heavy (non-hydrogen) atoms. The first kappa shape index (κ1) is 15.3. The van der Waals surface area contributed by atoms with Crippen LogP contribution in [0.2, 0.25) is 0 Å². The van der Waals surface area contributed by atoms with Crippen molar-refractivity contribution in [3.63, 3.8) is 0 Å². The zero-order valence-electron chi connectivity index (χ0n) is 12.5. The van der Waals surface area contributed by atoms with E-state index in [1.165, 1.54) is 0 Å². The Morgan fingerprint density at radius 2 is 1.67 bits per heavy atom. The summed E-state index contributed by atoms with van der Waals surface area (Å²) in [5.74, 6) is -0.124. The lowest BCUT2D eigenvalue weighted by atomic mass is 10.0. The van der Waals surface area contributed by atoms with Crippen LogP contribution < -0.4 is 5.32 Å². The van der Waals surface area contributed by atoms with E-state index in [2.05, 4.69) is 5.32 Å². The van der Waals surface area contributed by atoms with Crippen LogP contribution >= 0.6 is 0 Å². The highest BCUT2D eigenvalue weighted by atomic mass is 16.3. The van der Waals surface area contributed by atoms with Crippen LogP contribution in [0.1, 0.15) is 27.0 Å². The average molecular weight is 283 g/mol. The van der Waals surface area contributed by atoms with E-state index in [-0.39, 0.29) is 18.6 Å². The van der Waals surface area contributed by atoms with Gasteiger partial charge in [-0.1, -0.05) is 48.5 Å². The molecule has 110 valence electrons. The topological polar surface area (TPSA) is 49.3 Å². The Balaban J connectivity index is 2.10. The standard InChI is InChI=1S/C18H21NO2/c1-13-7-6-8-14(2)17(13)18(21)19-16(12-20)11-15-9-4-3-5-10-15/h3-10,16,20H,11-12H2,1-2H3,(H,19,21)/t16-/m0/s1. The molecule has 0 aliphatic heterocycles. The maximum absolute atomic E-state index is 12.4. The minimum atomic E-state index is -0.279. The number of nitrogens with one attached hydrogen (secondary N) is 1. The highest BCUT2D eigenvalue weighted by Gasteiger charge is 2.16. The molecule has 2 rings (SSSR count). The van der Waals surface area contributed by atoms with Gasteiger partial charge in [0.05, 0.1) is 12.6 Å². The molecule has 0 bridgehead atoms. The van der Waals surface area contributed by atoms with Crippen LogP contribution in [0.5, 0.6) is 0 Å². The minimum Gasteiger partial charge on any atom is -0.394 e. The van der Waals surface area contributed by atoms with E-state index < -0.39 is 0 Å². The van der Waals surface area contributed by atoms with Gasteiger partial charge in [0.1, 0.15) is 0 Å². The van der Waals surface area contributed by atoms with Gasteiger partial charge in [-0.3, -0.25) is 4.79 Å². The largest absolute Gasteiger partial charge is 0.394 e. The Kier molecular flexibility index (Phi) is 5.12. The summed E-state index contributed by atoms with van der Waals surface area (Å²) in [6, 6.07) is 15.4. The van der Waals surface area contributed by atoms with Gasteiger partial charge >= 0.3 is 0 Å². The van der Waals surface area contributed by atoms with Crippen molar-refractivity contribution in [2.45, 2.75) is 26.3 Å². The smallest absolute Gasteiger partial charge is 0.252 e. The molecule has 0 saturated carbocycles. The maximum atomic E-state index is 12.4. The Morgan fingerprint density at radius 1 is 1.05 bits per heavy atom. The predicted octanol–water partition coefficient (Wildman–Crippen LogP) is 2.64. The molecule has 1 amide bonds. The van der Waals surface area contributed by atoms with E-state index >= 15 is 0 Å². The number of benzene rings is 2. The van der Waals surface area contributed by atoms with Crippen molar-refractivity contribution >= 4 is 5.91 Å². The van der Waals surface area contributed by atoms with Crippen LogP contribution in [0.4, 0.5) is 0 Å². The van der Waals surface area contributed by atoms with Gasteiger partial charge in [-0.05, 0) is 37.0 Å². The molecule has 3 nitrogen and oxygen atoms in total. The van der Waals surface area contributed by atoms with E-state index in [0.717, 1.165) is 16.7 Å². The van der Waals surface area contributed by atoms with E-state index in [4.69, 9.17) is 0 Å². The normalized spacial score (nSPS) is 12.0. The monoisotopic (exact) mass is 283 g/mol. The third-order valence-corrected chi connectivity index (χ3v) is 3.59. The second-order valence-corrected chi connectivity index (χ2v) is 5.31. The number of amides is 1. The quantitative estimate of drug-likeness (QED) is 0.886. The van der Waals surface area contributed by atoms with Gasteiger partial charge < -0.3 is 10.4 Å². The second kappa shape index (κ2) is 7.04. The molecule has 0 aliphatic rings. The van der Waals surface area contributed by atoms with E-state index in [1.54, 1.807) is 0 Å². The minimum absolute atomic E-state index is 0.0778. The lowest BCUT2D eigenvalue weighted by molar-refractivity contribution is 0.0915. The number of carbonyl (C=O) groups excluding carboxylic acids is 1. The van der Waals surface area contributed by atoms with Gasteiger partial charge in [0.25, 0.3) is 5.91 Å². The third-order valence-electron chi connectivity index (χ3n) is 3.59. The second-order valence-electron chi connectivity index (χ2n) is 5.31. The van der Waals surface area contributed by atoms with Crippen LogP contribution in [0.15, 0.2) is 48.5 Å². The molecule has 0 aromatic heterocycles. The van der Waals surface area contributed by atoms with Crippen molar-refractivity contribution in [3.05, 3.63) is 70.8 Å². The van der Waals surface area contributed by atoms with Gasteiger partial charge in [-0.15, -0.1) is 0 Å². The Morgan fingerprint density at radius 3 is 2.24 bits per heavy atom. The van der Waals surface area contributed by atoms with Gasteiger partial charge in [0.15, 0.2) is 0 Å². The molecule has 0 saturated heterocycles. The van der Waals surface area contributed by atoms with Crippen LogP contribution in [0.25, 0.3) is 0 Å². The molecule has 0 heterocycles. The summed E-state index contributed by atoms with van der Waals surface area (Å²) in [7, 11) is 0. The summed E-state index contributed by atoms with van der Waals surface area (Å²) in [6.45, 7) is 3.77. The molecular weight excluding hydrogens is 262 g/mol. The molecule has 1 atom stereocenters. The molecule has 3 heteroatoms. The zero-order valence-corrected chi connectivity index (χ0v) is 12.5.